The van der Waals surface area contributed by atoms with Crippen LogP contribution in [0.4, 0.5) is 5.13 Å². The van der Waals surface area contributed by atoms with E-state index in [9.17, 15) is 4.79 Å². The quantitative estimate of drug-likeness (QED) is 0.866. The van der Waals surface area contributed by atoms with Crippen LogP contribution in [-0.2, 0) is 11.3 Å². The summed E-state index contributed by atoms with van der Waals surface area (Å²) in [6.07, 6.45) is 0. The number of anilines is 1. The van der Waals surface area contributed by atoms with Crippen LogP contribution in [0, 0.1) is 11.3 Å². The maximum absolute atomic E-state index is 11.2. The molecule has 2 aromatic rings. The van der Waals surface area contributed by atoms with Crippen LogP contribution in [0.2, 0.25) is 0 Å². The fourth-order valence-electron chi connectivity index (χ4n) is 1.48. The van der Waals surface area contributed by atoms with Gasteiger partial charge in [0.2, 0.25) is 0 Å². The number of hydrogen-bond acceptors (Lipinski definition) is 6. The third-order valence-electron chi connectivity index (χ3n) is 2.40. The van der Waals surface area contributed by atoms with E-state index < -0.39 is 5.97 Å². The first-order chi connectivity index (χ1) is 9.22. The molecule has 0 aliphatic carbocycles. The Balaban J connectivity index is 2.00. The van der Waals surface area contributed by atoms with Crippen molar-refractivity contribution in [3.63, 3.8) is 0 Å². The third-order valence-corrected chi connectivity index (χ3v) is 3.20. The summed E-state index contributed by atoms with van der Waals surface area (Å²) < 4.78 is 4.58. The van der Waals surface area contributed by atoms with E-state index in [4.69, 9.17) is 5.26 Å². The topological polar surface area (TPSA) is 75.0 Å². The van der Waals surface area contributed by atoms with Crippen molar-refractivity contribution in [1.82, 2.24) is 4.98 Å². The smallest absolute Gasteiger partial charge is 0.357 e. The molecule has 0 aliphatic heterocycles. The number of esters is 1. The molecule has 0 fully saturated rings. The Kier molecular flexibility index (Phi) is 4.11. The Labute approximate surface area is 114 Å². The lowest BCUT2D eigenvalue weighted by atomic mass is 10.1. The van der Waals surface area contributed by atoms with Gasteiger partial charge in [-0.25, -0.2) is 9.78 Å². The number of nitrogens with one attached hydrogen (secondary N) is 1. The van der Waals surface area contributed by atoms with Gasteiger partial charge in [-0.2, -0.15) is 5.26 Å². The molecule has 1 heterocycles. The van der Waals surface area contributed by atoms with E-state index in [-0.39, 0.29) is 0 Å². The highest BCUT2D eigenvalue weighted by molar-refractivity contribution is 7.13. The SMILES string of the molecule is COC(=O)c1csc(NCc2cccc(C#N)c2)n1. The Hall–Kier alpha value is -2.39. The zero-order valence-electron chi connectivity index (χ0n) is 10.2. The van der Waals surface area contributed by atoms with Gasteiger partial charge in [-0.1, -0.05) is 12.1 Å². The first kappa shape index (κ1) is 13.1. The Bertz CT molecular complexity index is 631. The van der Waals surface area contributed by atoms with Gasteiger partial charge < -0.3 is 10.1 Å². The van der Waals surface area contributed by atoms with Crippen LogP contribution in [-0.4, -0.2) is 18.1 Å². The fraction of sp³-hybridized carbons (Fsp3) is 0.154. The lowest BCUT2D eigenvalue weighted by Crippen LogP contribution is -2.03. The van der Waals surface area contributed by atoms with Crippen LogP contribution in [0.25, 0.3) is 0 Å². The summed E-state index contributed by atoms with van der Waals surface area (Å²) >= 11 is 1.33. The molecule has 5 nitrogen and oxygen atoms in total. The fourth-order valence-corrected chi connectivity index (χ4v) is 2.16. The number of methoxy groups -OCH3 is 1. The average molecular weight is 273 g/mol. The van der Waals surface area contributed by atoms with Crippen molar-refractivity contribution < 1.29 is 9.53 Å². The minimum Gasteiger partial charge on any atom is -0.464 e. The predicted octanol–water partition coefficient (Wildman–Crippen LogP) is 2.41. The van der Waals surface area contributed by atoms with Gasteiger partial charge in [-0.15, -0.1) is 11.3 Å². The molecule has 0 saturated carbocycles. The maximum Gasteiger partial charge on any atom is 0.357 e. The molecule has 2 rings (SSSR count). The van der Waals surface area contributed by atoms with E-state index in [1.807, 2.05) is 18.2 Å². The van der Waals surface area contributed by atoms with Crippen molar-refractivity contribution in [2.45, 2.75) is 6.54 Å². The first-order valence-electron chi connectivity index (χ1n) is 5.49. The maximum atomic E-state index is 11.2. The number of hydrogen-bond donors (Lipinski definition) is 1. The van der Waals surface area contributed by atoms with Crippen molar-refractivity contribution in [2.75, 3.05) is 12.4 Å². The normalized spacial score (nSPS) is 9.68. The van der Waals surface area contributed by atoms with E-state index >= 15 is 0 Å². The number of rotatable bonds is 4. The number of nitriles is 1. The van der Waals surface area contributed by atoms with Crippen molar-refractivity contribution in [3.8, 4) is 6.07 Å². The molecule has 0 unspecified atom stereocenters. The van der Waals surface area contributed by atoms with E-state index in [1.54, 1.807) is 11.4 Å². The average Bonchev–Trinajstić information content (AvgIpc) is 2.93. The Morgan fingerprint density at radius 2 is 2.42 bits per heavy atom. The molecule has 0 radical (unpaired) electrons. The molecule has 0 bridgehead atoms. The van der Waals surface area contributed by atoms with Crippen molar-refractivity contribution >= 4 is 22.4 Å². The zero-order chi connectivity index (χ0) is 13.7. The highest BCUT2D eigenvalue weighted by Crippen LogP contribution is 2.17. The summed E-state index contributed by atoms with van der Waals surface area (Å²) in [5.74, 6) is -0.448. The van der Waals surface area contributed by atoms with Gasteiger partial charge >= 0.3 is 5.97 Å². The molecule has 6 heteroatoms. The zero-order valence-corrected chi connectivity index (χ0v) is 11.0. The second-order valence-electron chi connectivity index (χ2n) is 3.70. The monoisotopic (exact) mass is 273 g/mol. The molecule has 1 aromatic heterocycles. The molecule has 0 aliphatic rings. The van der Waals surface area contributed by atoms with Crippen molar-refractivity contribution in [2.24, 2.45) is 0 Å². The molecule has 96 valence electrons. The van der Waals surface area contributed by atoms with E-state index in [0.717, 1.165) is 5.56 Å². The number of nitrogens with zero attached hydrogens (tertiary/aromatic N) is 2. The van der Waals surface area contributed by atoms with Crippen molar-refractivity contribution in [3.05, 3.63) is 46.5 Å². The van der Waals surface area contributed by atoms with Crippen LogP contribution in [0.3, 0.4) is 0 Å². The summed E-state index contributed by atoms with van der Waals surface area (Å²) in [5.41, 5.74) is 1.89. The van der Waals surface area contributed by atoms with E-state index in [0.29, 0.717) is 22.9 Å². The number of carbonyl (C=O) groups is 1. The van der Waals surface area contributed by atoms with Gasteiger partial charge in [0, 0.05) is 11.9 Å². The summed E-state index contributed by atoms with van der Waals surface area (Å²) in [6.45, 7) is 0.545. The summed E-state index contributed by atoms with van der Waals surface area (Å²) in [4.78, 5) is 15.3. The third kappa shape index (κ3) is 3.30. The van der Waals surface area contributed by atoms with Gasteiger partial charge in [0.25, 0.3) is 0 Å². The molecule has 1 aromatic carbocycles. The molecule has 0 saturated heterocycles. The predicted molar refractivity (Wildman–Crippen MR) is 71.9 cm³/mol. The molecule has 19 heavy (non-hydrogen) atoms. The van der Waals surface area contributed by atoms with Crippen LogP contribution < -0.4 is 5.32 Å². The molecule has 0 amide bonds. The molecule has 0 spiro atoms. The number of ether oxygens (including phenoxy) is 1. The van der Waals surface area contributed by atoms with Gasteiger partial charge in [0.15, 0.2) is 10.8 Å². The van der Waals surface area contributed by atoms with Crippen molar-refractivity contribution in [1.29, 1.82) is 5.26 Å². The number of thiazole rings is 1. The number of carbonyl (C=O) groups excluding carboxylic acids is 1. The Morgan fingerprint density at radius 1 is 1.58 bits per heavy atom. The minimum atomic E-state index is -0.448. The first-order valence-corrected chi connectivity index (χ1v) is 6.37. The second-order valence-corrected chi connectivity index (χ2v) is 4.55. The van der Waals surface area contributed by atoms with Gasteiger partial charge in [0.05, 0.1) is 18.7 Å². The number of benzene rings is 1. The summed E-state index contributed by atoms with van der Waals surface area (Å²) in [6, 6.07) is 9.40. The largest absolute Gasteiger partial charge is 0.464 e. The summed E-state index contributed by atoms with van der Waals surface area (Å²) in [5, 5.41) is 14.2. The second kappa shape index (κ2) is 5.98. The lowest BCUT2D eigenvalue weighted by Gasteiger charge is -2.02. The van der Waals surface area contributed by atoms with Crippen LogP contribution in [0.15, 0.2) is 29.6 Å². The molecular weight excluding hydrogens is 262 g/mol. The van der Waals surface area contributed by atoms with E-state index in [1.165, 1.54) is 18.4 Å². The van der Waals surface area contributed by atoms with Crippen LogP contribution >= 0.6 is 11.3 Å². The standard InChI is InChI=1S/C13H11N3O2S/c1-18-12(17)11-8-19-13(16-11)15-7-10-4-2-3-9(5-10)6-14/h2-5,8H,7H2,1H3,(H,15,16). The van der Waals surface area contributed by atoms with Gasteiger partial charge in [-0.3, -0.25) is 0 Å². The lowest BCUT2D eigenvalue weighted by molar-refractivity contribution is 0.0595. The highest BCUT2D eigenvalue weighted by atomic mass is 32.1. The van der Waals surface area contributed by atoms with Gasteiger partial charge in [0.1, 0.15) is 0 Å². The molecule has 1 N–H and O–H groups in total. The van der Waals surface area contributed by atoms with Crippen LogP contribution in [0.5, 0.6) is 0 Å². The van der Waals surface area contributed by atoms with Gasteiger partial charge in [-0.05, 0) is 17.7 Å². The molecular formula is C13H11N3O2S. The molecule has 0 atom stereocenters. The minimum absolute atomic E-state index is 0.292. The number of aromatic nitrogens is 1. The van der Waals surface area contributed by atoms with E-state index in [2.05, 4.69) is 21.1 Å². The van der Waals surface area contributed by atoms with Crippen LogP contribution in [0.1, 0.15) is 21.6 Å². The summed E-state index contributed by atoms with van der Waals surface area (Å²) in [7, 11) is 1.32. The Morgan fingerprint density at radius 3 is 3.16 bits per heavy atom. The highest BCUT2D eigenvalue weighted by Gasteiger charge is 2.10.